The smallest absolute Gasteiger partial charge is 0.128 e. The van der Waals surface area contributed by atoms with Crippen molar-refractivity contribution in [2.45, 2.75) is 51.5 Å². The van der Waals surface area contributed by atoms with Gasteiger partial charge in [0.05, 0.1) is 0 Å². The van der Waals surface area contributed by atoms with Crippen LogP contribution in [0.25, 0.3) is 0 Å². The molecule has 2 atom stereocenters. The van der Waals surface area contributed by atoms with E-state index in [0.29, 0.717) is 16.9 Å². The fraction of sp³-hybridized carbons (Fsp3) is 0.625. The molecule has 1 N–H and O–H groups in total. The van der Waals surface area contributed by atoms with Crippen molar-refractivity contribution in [3.63, 3.8) is 0 Å². The largest absolute Gasteiger partial charge is 0.312 e. The third kappa shape index (κ3) is 3.93. The third-order valence-electron chi connectivity index (χ3n) is 3.92. The zero-order chi connectivity index (χ0) is 14.0. The maximum Gasteiger partial charge on any atom is 0.128 e. The first kappa shape index (κ1) is 14.8. The molecule has 1 aliphatic rings. The number of hydrogen-bond donors (Lipinski definition) is 1. The van der Waals surface area contributed by atoms with Gasteiger partial charge < -0.3 is 5.32 Å². The Bertz CT molecular complexity index is 439. The summed E-state index contributed by atoms with van der Waals surface area (Å²) in [6, 6.07) is 5.09. The van der Waals surface area contributed by atoms with E-state index in [2.05, 4.69) is 26.1 Å². The summed E-state index contributed by atoms with van der Waals surface area (Å²) in [5, 5.41) is 4.02. The molecule has 1 saturated carbocycles. The van der Waals surface area contributed by atoms with Crippen LogP contribution in [0.5, 0.6) is 0 Å². The molecule has 0 radical (unpaired) electrons. The molecule has 0 bridgehead atoms. The molecule has 0 amide bonds. The summed E-state index contributed by atoms with van der Waals surface area (Å²) in [4.78, 5) is 0. The first-order valence-electron chi connectivity index (χ1n) is 7.07. The van der Waals surface area contributed by atoms with Crippen molar-refractivity contribution in [1.82, 2.24) is 5.32 Å². The summed E-state index contributed by atoms with van der Waals surface area (Å²) >= 11 is 5.83. The van der Waals surface area contributed by atoms with E-state index in [9.17, 15) is 4.39 Å². The topological polar surface area (TPSA) is 12.0 Å². The van der Waals surface area contributed by atoms with E-state index in [1.807, 2.05) is 6.07 Å². The lowest BCUT2D eigenvalue weighted by atomic mass is 9.88. The lowest BCUT2D eigenvalue weighted by Gasteiger charge is -2.27. The van der Waals surface area contributed by atoms with Gasteiger partial charge in [0.25, 0.3) is 0 Å². The minimum Gasteiger partial charge on any atom is -0.312 e. The second kappa shape index (κ2) is 5.80. The lowest BCUT2D eigenvalue weighted by Crippen LogP contribution is -2.39. The van der Waals surface area contributed by atoms with Crippen LogP contribution in [-0.4, -0.2) is 12.1 Å². The van der Waals surface area contributed by atoms with Gasteiger partial charge in [-0.3, -0.25) is 0 Å². The quantitative estimate of drug-likeness (QED) is 0.844. The summed E-state index contributed by atoms with van der Waals surface area (Å²) in [6.07, 6.45) is 3.44. The number of halogens is 2. The van der Waals surface area contributed by atoms with E-state index in [1.54, 1.807) is 6.07 Å². The fourth-order valence-corrected chi connectivity index (χ4v) is 3.09. The molecule has 0 aliphatic heterocycles. The van der Waals surface area contributed by atoms with Gasteiger partial charge in [0, 0.05) is 10.6 Å². The van der Waals surface area contributed by atoms with Crippen molar-refractivity contribution in [2.24, 2.45) is 5.92 Å². The highest BCUT2D eigenvalue weighted by molar-refractivity contribution is 6.30. The molecule has 1 aromatic carbocycles. The minimum absolute atomic E-state index is 0.117. The van der Waals surface area contributed by atoms with Crippen molar-refractivity contribution in [3.05, 3.63) is 34.6 Å². The summed E-state index contributed by atoms with van der Waals surface area (Å²) in [5.74, 6) is 0.696. The predicted molar refractivity (Wildman–Crippen MR) is 79.2 cm³/mol. The molecule has 0 spiro atoms. The zero-order valence-electron chi connectivity index (χ0n) is 12.0. The molecular weight excluding hydrogens is 261 g/mol. The number of benzene rings is 1. The Morgan fingerprint density at radius 1 is 1.32 bits per heavy atom. The maximum absolute atomic E-state index is 14.0. The Morgan fingerprint density at radius 3 is 2.68 bits per heavy atom. The Hall–Kier alpha value is -0.600. The van der Waals surface area contributed by atoms with Gasteiger partial charge in [-0.2, -0.15) is 0 Å². The molecule has 3 heteroatoms. The normalized spacial score (nSPS) is 23.8. The lowest BCUT2D eigenvalue weighted by molar-refractivity contribution is 0.353. The monoisotopic (exact) mass is 283 g/mol. The van der Waals surface area contributed by atoms with Crippen molar-refractivity contribution < 1.29 is 4.39 Å². The van der Waals surface area contributed by atoms with E-state index in [0.717, 1.165) is 18.5 Å². The van der Waals surface area contributed by atoms with Crippen molar-refractivity contribution in [3.8, 4) is 0 Å². The van der Waals surface area contributed by atoms with Gasteiger partial charge in [0.1, 0.15) is 5.82 Å². The zero-order valence-corrected chi connectivity index (χ0v) is 12.7. The summed E-state index contributed by atoms with van der Waals surface area (Å²) in [5.41, 5.74) is 0.952. The molecule has 106 valence electrons. The maximum atomic E-state index is 14.0. The van der Waals surface area contributed by atoms with Gasteiger partial charge in [0.2, 0.25) is 0 Å². The first-order valence-corrected chi connectivity index (χ1v) is 7.44. The minimum atomic E-state index is -0.153. The Labute approximate surface area is 120 Å². The average molecular weight is 284 g/mol. The average Bonchev–Trinajstić information content (AvgIpc) is 2.73. The van der Waals surface area contributed by atoms with Crippen LogP contribution in [0.15, 0.2) is 18.2 Å². The molecule has 0 saturated heterocycles. The van der Waals surface area contributed by atoms with Crippen molar-refractivity contribution >= 4 is 11.6 Å². The fourth-order valence-electron chi connectivity index (χ4n) is 2.93. The highest BCUT2D eigenvalue weighted by atomic mass is 35.5. The Balaban J connectivity index is 2.10. The van der Waals surface area contributed by atoms with Gasteiger partial charge in [-0.15, -0.1) is 0 Å². The number of nitrogens with one attached hydrogen (secondary N) is 1. The summed E-state index contributed by atoms with van der Waals surface area (Å²) in [6.45, 7) is 7.45. The molecule has 2 rings (SSSR count). The standard InChI is InChI=1S/C16H23ClFN/c1-16(2,3)19-10-11-5-4-6-13(11)14-8-7-12(17)9-15(14)18/h7-9,11,13,19H,4-6,10H2,1-3H3. The van der Waals surface area contributed by atoms with Gasteiger partial charge in [-0.25, -0.2) is 4.39 Å². The SMILES string of the molecule is CC(C)(C)NCC1CCCC1c1ccc(Cl)cc1F. The van der Waals surface area contributed by atoms with E-state index in [-0.39, 0.29) is 11.4 Å². The van der Waals surface area contributed by atoms with E-state index >= 15 is 0 Å². The highest BCUT2D eigenvalue weighted by Crippen LogP contribution is 2.40. The number of rotatable bonds is 3. The molecule has 1 fully saturated rings. The van der Waals surface area contributed by atoms with Crippen LogP contribution in [0.1, 0.15) is 51.5 Å². The summed E-state index contributed by atoms with van der Waals surface area (Å²) < 4.78 is 14.0. The molecule has 2 unspecified atom stereocenters. The van der Waals surface area contributed by atoms with Crippen molar-refractivity contribution in [1.29, 1.82) is 0 Å². The van der Waals surface area contributed by atoms with Crippen LogP contribution in [0.2, 0.25) is 5.02 Å². The molecular formula is C16H23ClFN. The third-order valence-corrected chi connectivity index (χ3v) is 4.15. The first-order chi connectivity index (χ1) is 8.87. The Kier molecular flexibility index (Phi) is 4.52. The van der Waals surface area contributed by atoms with E-state index in [1.165, 1.54) is 18.9 Å². The van der Waals surface area contributed by atoms with Crippen molar-refractivity contribution in [2.75, 3.05) is 6.54 Å². The summed E-state index contributed by atoms with van der Waals surface area (Å²) in [7, 11) is 0. The van der Waals surface area contributed by atoms with Crippen LogP contribution in [0, 0.1) is 11.7 Å². The Morgan fingerprint density at radius 2 is 2.05 bits per heavy atom. The predicted octanol–water partition coefficient (Wildman–Crippen LogP) is 4.75. The molecule has 0 aromatic heterocycles. The highest BCUT2D eigenvalue weighted by Gasteiger charge is 2.31. The van der Waals surface area contributed by atoms with Crippen LogP contribution in [0.3, 0.4) is 0 Å². The van der Waals surface area contributed by atoms with Crippen LogP contribution in [-0.2, 0) is 0 Å². The van der Waals surface area contributed by atoms with Gasteiger partial charge >= 0.3 is 0 Å². The van der Waals surface area contributed by atoms with Gasteiger partial charge in [-0.1, -0.05) is 24.1 Å². The van der Waals surface area contributed by atoms with Gasteiger partial charge in [0.15, 0.2) is 0 Å². The van der Waals surface area contributed by atoms with E-state index < -0.39 is 0 Å². The molecule has 19 heavy (non-hydrogen) atoms. The van der Waals surface area contributed by atoms with Crippen LogP contribution in [0.4, 0.5) is 4.39 Å². The molecule has 1 nitrogen and oxygen atoms in total. The molecule has 1 aliphatic carbocycles. The molecule has 0 heterocycles. The molecule has 1 aromatic rings. The van der Waals surface area contributed by atoms with Crippen LogP contribution < -0.4 is 5.32 Å². The second-order valence-electron chi connectivity index (χ2n) is 6.59. The number of hydrogen-bond acceptors (Lipinski definition) is 1. The van der Waals surface area contributed by atoms with Crippen LogP contribution >= 0.6 is 11.6 Å². The van der Waals surface area contributed by atoms with Gasteiger partial charge in [-0.05, 0) is 69.7 Å². The second-order valence-corrected chi connectivity index (χ2v) is 7.03. The van der Waals surface area contributed by atoms with E-state index in [4.69, 9.17) is 11.6 Å².